The molecular weight excluding hydrogens is 226 g/mol. The maximum Gasteiger partial charge on any atom is 0.191 e. The van der Waals surface area contributed by atoms with E-state index in [9.17, 15) is 0 Å². The fraction of sp³-hybridized carbons (Fsp3) is 0.231. The molecule has 1 aromatic heterocycles. The van der Waals surface area contributed by atoms with Gasteiger partial charge in [-0.3, -0.25) is 4.99 Å². The molecule has 0 fully saturated rings. The van der Waals surface area contributed by atoms with Crippen LogP contribution in [0.5, 0.6) is 0 Å². The van der Waals surface area contributed by atoms with Crippen LogP contribution in [-0.2, 0) is 6.54 Å². The van der Waals surface area contributed by atoms with Crippen molar-refractivity contribution in [3.8, 4) is 11.3 Å². The minimum atomic E-state index is 0.493. The number of aliphatic imine (C=N–C) groups is 1. The van der Waals surface area contributed by atoms with Crippen molar-refractivity contribution in [3.63, 3.8) is 0 Å². The Kier molecular flexibility index (Phi) is 3.62. The van der Waals surface area contributed by atoms with E-state index in [0.717, 1.165) is 17.1 Å². The molecule has 3 N–H and O–H groups in total. The molecule has 0 unspecified atom stereocenters. The quantitative estimate of drug-likeness (QED) is 0.633. The first-order chi connectivity index (χ1) is 8.70. The molecule has 0 atom stereocenters. The lowest BCUT2D eigenvalue weighted by Crippen LogP contribution is -2.33. The number of hydrogen-bond donors (Lipinski definition) is 2. The van der Waals surface area contributed by atoms with Gasteiger partial charge in [-0.25, -0.2) is 4.98 Å². The van der Waals surface area contributed by atoms with Crippen molar-refractivity contribution >= 4 is 5.96 Å². The monoisotopic (exact) mass is 243 g/mol. The van der Waals surface area contributed by atoms with Crippen LogP contribution in [0.3, 0.4) is 0 Å². The molecule has 0 aliphatic heterocycles. The summed E-state index contributed by atoms with van der Waals surface area (Å²) in [5.74, 6) is 1.36. The number of rotatable bonds is 3. The average molecular weight is 243 g/mol. The van der Waals surface area contributed by atoms with Gasteiger partial charge in [0.05, 0.1) is 18.4 Å². The van der Waals surface area contributed by atoms with E-state index in [1.165, 1.54) is 0 Å². The maximum absolute atomic E-state index is 5.72. The molecular formula is C13H17N5. The summed E-state index contributed by atoms with van der Waals surface area (Å²) in [6.07, 6.45) is 1.83. The van der Waals surface area contributed by atoms with Gasteiger partial charge in [0.2, 0.25) is 0 Å². The number of hydrogen-bond acceptors (Lipinski definition) is 2. The first-order valence-electron chi connectivity index (χ1n) is 5.73. The van der Waals surface area contributed by atoms with Crippen molar-refractivity contribution in [2.75, 3.05) is 14.1 Å². The fourth-order valence-corrected chi connectivity index (χ4v) is 1.68. The van der Waals surface area contributed by atoms with Gasteiger partial charge in [0, 0.05) is 14.1 Å². The van der Waals surface area contributed by atoms with Gasteiger partial charge in [-0.05, 0) is 5.56 Å². The zero-order valence-electron chi connectivity index (χ0n) is 10.6. The van der Waals surface area contributed by atoms with Gasteiger partial charge in [-0.15, -0.1) is 0 Å². The van der Waals surface area contributed by atoms with Gasteiger partial charge >= 0.3 is 0 Å². The van der Waals surface area contributed by atoms with Gasteiger partial charge in [0.1, 0.15) is 5.82 Å². The predicted molar refractivity (Wildman–Crippen MR) is 73.0 cm³/mol. The molecule has 2 aromatic rings. The summed E-state index contributed by atoms with van der Waals surface area (Å²) in [6.45, 7) is 0.607. The highest BCUT2D eigenvalue weighted by atomic mass is 15.2. The second kappa shape index (κ2) is 5.35. The van der Waals surface area contributed by atoms with Crippen molar-refractivity contribution in [2.24, 2.45) is 10.7 Å². The van der Waals surface area contributed by atoms with Crippen LogP contribution in [0, 0.1) is 0 Å². The minimum absolute atomic E-state index is 0.493. The van der Waals surface area contributed by atoms with E-state index < -0.39 is 0 Å². The number of nitrogens with one attached hydrogen (secondary N) is 1. The van der Waals surface area contributed by atoms with Crippen LogP contribution in [-0.4, -0.2) is 34.9 Å². The average Bonchev–Trinajstić information content (AvgIpc) is 2.87. The molecule has 0 spiro atoms. The largest absolute Gasteiger partial charge is 0.370 e. The summed E-state index contributed by atoms with van der Waals surface area (Å²) in [5, 5.41) is 0. The molecule has 0 radical (unpaired) electrons. The standard InChI is InChI=1S/C13H17N5/c1-15-13(14)18(2)9-12-16-8-11(17-12)10-6-4-3-5-7-10/h3-8H,9H2,1-2H3,(H2,14,15)(H,16,17). The first-order valence-corrected chi connectivity index (χ1v) is 5.73. The number of nitrogens with two attached hydrogens (primary N) is 1. The van der Waals surface area contributed by atoms with Crippen molar-refractivity contribution in [1.82, 2.24) is 14.9 Å². The summed E-state index contributed by atoms with van der Waals surface area (Å²) in [7, 11) is 3.55. The summed E-state index contributed by atoms with van der Waals surface area (Å²) in [6, 6.07) is 10.1. The van der Waals surface area contributed by atoms with Crippen LogP contribution in [0.15, 0.2) is 41.5 Å². The molecule has 18 heavy (non-hydrogen) atoms. The Hall–Kier alpha value is -2.30. The number of imidazole rings is 1. The Morgan fingerprint density at radius 3 is 2.78 bits per heavy atom. The van der Waals surface area contributed by atoms with Crippen molar-refractivity contribution in [3.05, 3.63) is 42.4 Å². The molecule has 5 nitrogen and oxygen atoms in total. The third kappa shape index (κ3) is 2.68. The molecule has 0 saturated heterocycles. The highest BCUT2D eigenvalue weighted by molar-refractivity contribution is 5.77. The van der Waals surface area contributed by atoms with E-state index >= 15 is 0 Å². The molecule has 1 aromatic carbocycles. The Morgan fingerprint density at radius 1 is 1.39 bits per heavy atom. The third-order valence-electron chi connectivity index (χ3n) is 2.72. The number of H-pyrrole nitrogens is 1. The van der Waals surface area contributed by atoms with E-state index in [1.54, 1.807) is 7.05 Å². The van der Waals surface area contributed by atoms with E-state index in [4.69, 9.17) is 5.73 Å². The Morgan fingerprint density at radius 2 is 2.11 bits per heavy atom. The number of nitrogens with zero attached hydrogens (tertiary/aromatic N) is 3. The van der Waals surface area contributed by atoms with E-state index in [0.29, 0.717) is 12.5 Å². The number of aromatic amines is 1. The van der Waals surface area contributed by atoms with Crippen LogP contribution >= 0.6 is 0 Å². The Labute approximate surface area is 106 Å². The van der Waals surface area contributed by atoms with Gasteiger partial charge < -0.3 is 15.6 Å². The summed E-state index contributed by atoms with van der Waals surface area (Å²) in [4.78, 5) is 13.4. The first kappa shape index (κ1) is 12.2. The molecule has 0 aliphatic rings. The topological polar surface area (TPSA) is 70.3 Å². The van der Waals surface area contributed by atoms with Gasteiger partial charge in [0.15, 0.2) is 5.96 Å². The Bertz CT molecular complexity index is 529. The normalized spacial score (nSPS) is 11.6. The zero-order valence-corrected chi connectivity index (χ0v) is 10.6. The minimum Gasteiger partial charge on any atom is -0.370 e. The number of aromatic nitrogens is 2. The molecule has 0 bridgehead atoms. The molecule has 2 rings (SSSR count). The second-order valence-electron chi connectivity index (χ2n) is 4.05. The molecule has 0 aliphatic carbocycles. The van der Waals surface area contributed by atoms with Crippen LogP contribution in [0.4, 0.5) is 0 Å². The lowest BCUT2D eigenvalue weighted by atomic mass is 10.2. The van der Waals surface area contributed by atoms with Crippen LogP contribution in [0.25, 0.3) is 11.3 Å². The van der Waals surface area contributed by atoms with E-state index in [-0.39, 0.29) is 0 Å². The molecule has 1 heterocycles. The van der Waals surface area contributed by atoms with Crippen molar-refractivity contribution in [2.45, 2.75) is 6.54 Å². The highest BCUT2D eigenvalue weighted by Crippen LogP contribution is 2.16. The van der Waals surface area contributed by atoms with Gasteiger partial charge in [0.25, 0.3) is 0 Å². The highest BCUT2D eigenvalue weighted by Gasteiger charge is 2.06. The summed E-state index contributed by atoms with van der Waals surface area (Å²) >= 11 is 0. The summed E-state index contributed by atoms with van der Waals surface area (Å²) < 4.78 is 0. The van der Waals surface area contributed by atoms with Crippen LogP contribution in [0.2, 0.25) is 0 Å². The van der Waals surface area contributed by atoms with Crippen molar-refractivity contribution < 1.29 is 0 Å². The van der Waals surface area contributed by atoms with E-state index in [1.807, 2.05) is 48.5 Å². The Balaban J connectivity index is 2.12. The molecule has 5 heteroatoms. The smallest absolute Gasteiger partial charge is 0.191 e. The fourth-order valence-electron chi connectivity index (χ4n) is 1.68. The molecule has 94 valence electrons. The SMILES string of the molecule is CN=C(N)N(C)Cc1ncc(-c2ccccc2)[nH]1. The molecule has 0 amide bonds. The lowest BCUT2D eigenvalue weighted by molar-refractivity contribution is 0.479. The van der Waals surface area contributed by atoms with Crippen molar-refractivity contribution in [1.29, 1.82) is 0 Å². The van der Waals surface area contributed by atoms with E-state index in [2.05, 4.69) is 15.0 Å². The van der Waals surface area contributed by atoms with Crippen LogP contribution in [0.1, 0.15) is 5.82 Å². The van der Waals surface area contributed by atoms with Gasteiger partial charge in [-0.1, -0.05) is 30.3 Å². The number of benzene rings is 1. The lowest BCUT2D eigenvalue weighted by Gasteiger charge is -2.15. The second-order valence-corrected chi connectivity index (χ2v) is 4.05. The van der Waals surface area contributed by atoms with Gasteiger partial charge in [-0.2, -0.15) is 0 Å². The van der Waals surface area contributed by atoms with Crippen LogP contribution < -0.4 is 5.73 Å². The number of guanidine groups is 1. The zero-order chi connectivity index (χ0) is 13.0. The molecule has 0 saturated carbocycles. The third-order valence-corrected chi connectivity index (χ3v) is 2.72. The predicted octanol–water partition coefficient (Wildman–Crippen LogP) is 1.45. The maximum atomic E-state index is 5.72. The summed E-state index contributed by atoms with van der Waals surface area (Å²) in [5.41, 5.74) is 7.84.